The lowest BCUT2D eigenvalue weighted by molar-refractivity contribution is 0.269. The maximum absolute atomic E-state index is 9.58. The van der Waals surface area contributed by atoms with E-state index in [9.17, 15) is 5.11 Å². The van der Waals surface area contributed by atoms with Gasteiger partial charge in [-0.05, 0) is 17.7 Å². The van der Waals surface area contributed by atoms with E-state index in [0.717, 1.165) is 54.4 Å². The van der Waals surface area contributed by atoms with E-state index in [-0.39, 0.29) is 6.61 Å². The summed E-state index contributed by atoms with van der Waals surface area (Å²) in [7, 11) is 0. The Bertz CT molecular complexity index is 841. The van der Waals surface area contributed by atoms with E-state index in [2.05, 4.69) is 27.3 Å². The maximum atomic E-state index is 9.58. The fourth-order valence-electron chi connectivity index (χ4n) is 3.48. The molecule has 3 heterocycles. The average molecular weight is 349 g/mol. The molecule has 1 aromatic carbocycles. The van der Waals surface area contributed by atoms with Crippen molar-refractivity contribution < 1.29 is 5.11 Å². The first-order valence-corrected chi connectivity index (χ1v) is 9.01. The number of piperazine rings is 1. The Morgan fingerprint density at radius 3 is 2.38 bits per heavy atom. The van der Waals surface area contributed by atoms with Gasteiger partial charge in [-0.25, -0.2) is 4.68 Å². The van der Waals surface area contributed by atoms with Gasteiger partial charge in [-0.1, -0.05) is 30.3 Å². The number of nitrogens with zero attached hydrogens (tertiary/aromatic N) is 4. The summed E-state index contributed by atoms with van der Waals surface area (Å²) in [5.74, 6) is 1.07. The highest BCUT2D eigenvalue weighted by atomic mass is 16.3. The number of hydrogen-bond acceptors (Lipinski definition) is 5. The summed E-state index contributed by atoms with van der Waals surface area (Å²) in [4.78, 5) is 6.53. The number of benzene rings is 1. The predicted octanol–water partition coefficient (Wildman–Crippen LogP) is 2.01. The molecule has 0 saturated carbocycles. The Hall–Kier alpha value is -2.70. The van der Waals surface area contributed by atoms with Crippen molar-refractivity contribution in [2.24, 2.45) is 0 Å². The molecule has 0 radical (unpaired) electrons. The second kappa shape index (κ2) is 7.68. The van der Waals surface area contributed by atoms with Crippen LogP contribution in [0.4, 0.5) is 5.82 Å². The number of aliphatic hydroxyl groups excluding tert-OH is 1. The third-order valence-electron chi connectivity index (χ3n) is 4.67. The van der Waals surface area contributed by atoms with Gasteiger partial charge in [-0.3, -0.25) is 4.98 Å². The van der Waals surface area contributed by atoms with Crippen LogP contribution in [0.5, 0.6) is 0 Å². The second-order valence-corrected chi connectivity index (χ2v) is 6.33. The molecule has 0 unspecified atom stereocenters. The maximum Gasteiger partial charge on any atom is 0.135 e. The molecule has 2 aromatic heterocycles. The van der Waals surface area contributed by atoms with Crippen LogP contribution < -0.4 is 10.2 Å². The summed E-state index contributed by atoms with van der Waals surface area (Å²) in [6, 6.07) is 14.3. The van der Waals surface area contributed by atoms with Crippen LogP contribution in [0, 0.1) is 0 Å². The van der Waals surface area contributed by atoms with Gasteiger partial charge in [0.1, 0.15) is 11.5 Å². The molecule has 1 fully saturated rings. The van der Waals surface area contributed by atoms with Gasteiger partial charge < -0.3 is 15.3 Å². The van der Waals surface area contributed by atoms with Crippen molar-refractivity contribution in [2.75, 3.05) is 37.7 Å². The summed E-state index contributed by atoms with van der Waals surface area (Å²) in [5, 5.41) is 17.9. The van der Waals surface area contributed by atoms with Crippen LogP contribution in [0.15, 0.2) is 54.9 Å². The number of anilines is 1. The van der Waals surface area contributed by atoms with Crippen molar-refractivity contribution in [2.45, 2.75) is 6.54 Å². The van der Waals surface area contributed by atoms with Gasteiger partial charge in [0.25, 0.3) is 0 Å². The number of rotatable bonds is 5. The normalized spacial score (nSPS) is 14.6. The van der Waals surface area contributed by atoms with E-state index in [0.29, 0.717) is 6.54 Å². The molecule has 0 bridgehead atoms. The molecular formula is C20H23N5O. The number of pyridine rings is 1. The molecule has 4 rings (SSSR count). The number of aromatic nitrogens is 3. The van der Waals surface area contributed by atoms with Gasteiger partial charge in [0, 0.05) is 44.1 Å². The third-order valence-corrected chi connectivity index (χ3v) is 4.67. The molecule has 1 aliphatic rings. The summed E-state index contributed by atoms with van der Waals surface area (Å²) in [6.45, 7) is 4.27. The zero-order valence-electron chi connectivity index (χ0n) is 14.7. The molecule has 6 heteroatoms. The van der Waals surface area contributed by atoms with Crippen molar-refractivity contribution in [3.05, 3.63) is 54.9 Å². The second-order valence-electron chi connectivity index (χ2n) is 6.33. The standard InChI is InChI=1S/C20H23N5O/c26-15-14-25-20(24-12-10-22-11-13-24)18(16-6-8-21-9-7-16)19(23-25)17-4-2-1-3-5-17/h1-9,22,26H,10-15H2. The largest absolute Gasteiger partial charge is 0.394 e. The minimum Gasteiger partial charge on any atom is -0.394 e. The zero-order valence-corrected chi connectivity index (χ0v) is 14.7. The molecular weight excluding hydrogens is 326 g/mol. The van der Waals surface area contributed by atoms with Crippen molar-refractivity contribution in [1.82, 2.24) is 20.1 Å². The van der Waals surface area contributed by atoms with Gasteiger partial charge in [-0.2, -0.15) is 5.10 Å². The predicted molar refractivity (Wildman–Crippen MR) is 103 cm³/mol. The smallest absolute Gasteiger partial charge is 0.135 e. The first-order valence-electron chi connectivity index (χ1n) is 9.01. The molecule has 134 valence electrons. The molecule has 0 aliphatic carbocycles. The topological polar surface area (TPSA) is 66.2 Å². The molecule has 26 heavy (non-hydrogen) atoms. The van der Waals surface area contributed by atoms with Crippen molar-refractivity contribution in [3.8, 4) is 22.4 Å². The molecule has 0 spiro atoms. The Morgan fingerprint density at radius 1 is 0.962 bits per heavy atom. The first-order chi connectivity index (χ1) is 12.9. The zero-order chi connectivity index (χ0) is 17.8. The summed E-state index contributed by atoms with van der Waals surface area (Å²) in [5.41, 5.74) is 4.22. The number of aliphatic hydroxyl groups is 1. The lowest BCUT2D eigenvalue weighted by Crippen LogP contribution is -2.44. The lowest BCUT2D eigenvalue weighted by atomic mass is 10.0. The highest BCUT2D eigenvalue weighted by molar-refractivity contribution is 5.89. The molecule has 3 aromatic rings. The Balaban J connectivity index is 1.94. The van der Waals surface area contributed by atoms with Crippen molar-refractivity contribution in [1.29, 1.82) is 0 Å². The SMILES string of the molecule is OCCn1nc(-c2ccccc2)c(-c2ccncc2)c1N1CCNCC1. The molecule has 1 aliphatic heterocycles. The van der Waals surface area contributed by atoms with Gasteiger partial charge in [0.05, 0.1) is 18.7 Å². The van der Waals surface area contributed by atoms with E-state index >= 15 is 0 Å². The fraction of sp³-hybridized carbons (Fsp3) is 0.300. The van der Waals surface area contributed by atoms with Crippen LogP contribution in [0.3, 0.4) is 0 Å². The number of hydrogen-bond donors (Lipinski definition) is 2. The van der Waals surface area contributed by atoms with Gasteiger partial charge in [0.2, 0.25) is 0 Å². The fourth-order valence-corrected chi connectivity index (χ4v) is 3.48. The monoisotopic (exact) mass is 349 g/mol. The van der Waals surface area contributed by atoms with Gasteiger partial charge in [-0.15, -0.1) is 0 Å². The van der Waals surface area contributed by atoms with Crippen molar-refractivity contribution in [3.63, 3.8) is 0 Å². The highest BCUT2D eigenvalue weighted by Crippen LogP contribution is 2.39. The summed E-state index contributed by atoms with van der Waals surface area (Å²) >= 11 is 0. The van der Waals surface area contributed by atoms with E-state index in [1.165, 1.54) is 0 Å². The van der Waals surface area contributed by atoms with Crippen LogP contribution in [-0.4, -0.2) is 52.7 Å². The molecule has 1 saturated heterocycles. The molecule has 0 amide bonds. The van der Waals surface area contributed by atoms with Crippen LogP contribution in [0.1, 0.15) is 0 Å². The Kier molecular flexibility index (Phi) is 4.95. The van der Waals surface area contributed by atoms with E-state index in [4.69, 9.17) is 5.10 Å². The quantitative estimate of drug-likeness (QED) is 0.738. The van der Waals surface area contributed by atoms with Crippen molar-refractivity contribution >= 4 is 5.82 Å². The van der Waals surface area contributed by atoms with Gasteiger partial charge in [0.15, 0.2) is 0 Å². The summed E-state index contributed by atoms with van der Waals surface area (Å²) in [6.07, 6.45) is 3.63. The van der Waals surface area contributed by atoms with E-state index < -0.39 is 0 Å². The molecule has 6 nitrogen and oxygen atoms in total. The van der Waals surface area contributed by atoms with Crippen LogP contribution in [0.2, 0.25) is 0 Å². The first kappa shape index (κ1) is 16.8. The Labute approximate surface area is 153 Å². The minimum atomic E-state index is 0.0603. The average Bonchev–Trinajstić information content (AvgIpc) is 3.09. The van der Waals surface area contributed by atoms with Crippen LogP contribution in [-0.2, 0) is 6.54 Å². The Morgan fingerprint density at radius 2 is 1.69 bits per heavy atom. The third kappa shape index (κ3) is 3.21. The molecule has 2 N–H and O–H groups in total. The van der Waals surface area contributed by atoms with Crippen LogP contribution >= 0.6 is 0 Å². The van der Waals surface area contributed by atoms with Crippen LogP contribution in [0.25, 0.3) is 22.4 Å². The highest BCUT2D eigenvalue weighted by Gasteiger charge is 2.25. The minimum absolute atomic E-state index is 0.0603. The van der Waals surface area contributed by atoms with E-state index in [1.54, 1.807) is 0 Å². The van der Waals surface area contributed by atoms with E-state index in [1.807, 2.05) is 47.4 Å². The summed E-state index contributed by atoms with van der Waals surface area (Å²) < 4.78 is 1.95. The molecule has 0 atom stereocenters. The lowest BCUT2D eigenvalue weighted by Gasteiger charge is -2.30. The van der Waals surface area contributed by atoms with Gasteiger partial charge >= 0.3 is 0 Å². The number of nitrogens with one attached hydrogen (secondary N) is 1.